The summed E-state index contributed by atoms with van der Waals surface area (Å²) in [6, 6.07) is 23.9. The van der Waals surface area contributed by atoms with Crippen LogP contribution in [0.15, 0.2) is 100 Å². The van der Waals surface area contributed by atoms with E-state index in [1.807, 2.05) is 78.9 Å². The first-order valence-electron chi connectivity index (χ1n) is 12.8. The number of hydrogen-bond donors (Lipinski definition) is 0. The van der Waals surface area contributed by atoms with Gasteiger partial charge >= 0.3 is 5.97 Å². The van der Waals surface area contributed by atoms with E-state index in [2.05, 4.69) is 0 Å². The molecule has 0 amide bonds. The van der Waals surface area contributed by atoms with E-state index in [0.29, 0.717) is 32.1 Å². The summed E-state index contributed by atoms with van der Waals surface area (Å²) < 4.78 is 18.6. The van der Waals surface area contributed by atoms with Crippen LogP contribution < -0.4 is 24.4 Å². The topological polar surface area (TPSA) is 79.1 Å². The number of nitrogens with zero attached hydrogens (tertiary/aromatic N) is 2. The monoisotopic (exact) mass is 552 g/mol. The number of carbonyl (C=O) groups is 1. The molecule has 8 heteroatoms. The van der Waals surface area contributed by atoms with Gasteiger partial charge in [-0.15, -0.1) is 0 Å². The van der Waals surface area contributed by atoms with Crippen LogP contribution in [0.2, 0.25) is 0 Å². The second-order valence-electron chi connectivity index (χ2n) is 8.84. The van der Waals surface area contributed by atoms with E-state index < -0.39 is 12.0 Å². The van der Waals surface area contributed by atoms with Gasteiger partial charge in [0, 0.05) is 5.56 Å². The van der Waals surface area contributed by atoms with Gasteiger partial charge in [0.25, 0.3) is 5.56 Å². The van der Waals surface area contributed by atoms with Gasteiger partial charge in [-0.1, -0.05) is 90.2 Å². The molecule has 1 aliphatic rings. The van der Waals surface area contributed by atoms with Gasteiger partial charge in [-0.2, -0.15) is 0 Å². The highest BCUT2D eigenvalue weighted by Crippen LogP contribution is 2.38. The standard InChI is InChI=1S/C32H28N2O5S/c1-4-39-31(36)27-28(22-15-9-6-10-16-22)33-32-34(29(27)23-18-19-24(37-2)25(20-23)38-3)30(35)26(40-32)17-11-14-21-12-7-5-8-13-21/h5-20,29H,4H2,1-3H3/b14-11+,26-17+/t29-/m0/s1. The van der Waals surface area contributed by atoms with E-state index in [9.17, 15) is 9.59 Å². The van der Waals surface area contributed by atoms with Gasteiger partial charge in [0.2, 0.25) is 0 Å². The average Bonchev–Trinajstić information content (AvgIpc) is 3.31. The molecule has 0 spiro atoms. The molecule has 1 aliphatic heterocycles. The summed E-state index contributed by atoms with van der Waals surface area (Å²) in [5.41, 5.74) is 2.92. The molecular formula is C32H28N2O5S. The maximum atomic E-state index is 13.9. The van der Waals surface area contributed by atoms with Crippen molar-refractivity contribution in [1.82, 2.24) is 4.57 Å². The van der Waals surface area contributed by atoms with Crippen molar-refractivity contribution in [3.63, 3.8) is 0 Å². The lowest BCUT2D eigenvalue weighted by molar-refractivity contribution is -0.138. The molecule has 1 atom stereocenters. The van der Waals surface area contributed by atoms with E-state index in [-0.39, 0.29) is 17.7 Å². The predicted octanol–water partition coefficient (Wildman–Crippen LogP) is 4.62. The Labute approximate surface area is 235 Å². The van der Waals surface area contributed by atoms with E-state index in [4.69, 9.17) is 19.2 Å². The number of ether oxygens (including phenoxy) is 3. The van der Waals surface area contributed by atoms with Crippen LogP contribution in [0.5, 0.6) is 11.5 Å². The van der Waals surface area contributed by atoms with Gasteiger partial charge < -0.3 is 14.2 Å². The van der Waals surface area contributed by atoms with Crippen molar-refractivity contribution < 1.29 is 19.0 Å². The van der Waals surface area contributed by atoms with Gasteiger partial charge in [-0.25, -0.2) is 9.79 Å². The van der Waals surface area contributed by atoms with Crippen molar-refractivity contribution in [2.24, 2.45) is 4.99 Å². The van der Waals surface area contributed by atoms with Crippen LogP contribution in [0.25, 0.3) is 17.8 Å². The Morgan fingerprint density at radius 1 is 0.975 bits per heavy atom. The quantitative estimate of drug-likeness (QED) is 0.298. The Morgan fingerprint density at radius 3 is 2.35 bits per heavy atom. The molecule has 0 radical (unpaired) electrons. The molecule has 7 nitrogen and oxygen atoms in total. The highest BCUT2D eigenvalue weighted by molar-refractivity contribution is 7.07. The van der Waals surface area contributed by atoms with E-state index in [1.54, 1.807) is 43.9 Å². The molecule has 0 N–H and O–H groups in total. The molecule has 0 unspecified atom stereocenters. The number of thiazole rings is 1. The van der Waals surface area contributed by atoms with Gasteiger partial charge in [0.15, 0.2) is 16.3 Å². The molecule has 202 valence electrons. The zero-order chi connectivity index (χ0) is 28.1. The Balaban J connectivity index is 1.77. The minimum Gasteiger partial charge on any atom is -0.493 e. The molecule has 1 aromatic heterocycles. The molecule has 0 aliphatic carbocycles. The zero-order valence-corrected chi connectivity index (χ0v) is 23.2. The summed E-state index contributed by atoms with van der Waals surface area (Å²) in [5.74, 6) is 0.479. The first kappa shape index (κ1) is 26.9. The van der Waals surface area contributed by atoms with Crippen LogP contribution >= 0.6 is 11.3 Å². The fourth-order valence-corrected chi connectivity index (χ4v) is 5.56. The summed E-state index contributed by atoms with van der Waals surface area (Å²) in [6.45, 7) is 1.93. The Kier molecular flexibility index (Phi) is 8.07. The third-order valence-corrected chi connectivity index (χ3v) is 7.43. The molecule has 0 saturated carbocycles. The van der Waals surface area contributed by atoms with Gasteiger partial charge in [-0.05, 0) is 36.3 Å². The average molecular weight is 553 g/mol. The number of fused-ring (bicyclic) bond motifs is 1. The molecule has 0 bridgehead atoms. The first-order chi connectivity index (χ1) is 19.5. The number of methoxy groups -OCH3 is 2. The number of carbonyl (C=O) groups excluding carboxylic acids is 1. The van der Waals surface area contributed by atoms with E-state index >= 15 is 0 Å². The molecule has 3 aromatic carbocycles. The highest BCUT2D eigenvalue weighted by Gasteiger charge is 2.35. The Hall–Kier alpha value is -4.69. The lowest BCUT2D eigenvalue weighted by Gasteiger charge is -2.26. The number of rotatable bonds is 8. The maximum Gasteiger partial charge on any atom is 0.338 e. The normalized spacial score (nSPS) is 15.1. The van der Waals surface area contributed by atoms with Gasteiger partial charge in [-0.3, -0.25) is 9.36 Å². The van der Waals surface area contributed by atoms with Crippen LogP contribution in [0.1, 0.15) is 29.7 Å². The van der Waals surface area contributed by atoms with Crippen molar-refractivity contribution in [2.45, 2.75) is 13.0 Å². The number of hydrogen-bond acceptors (Lipinski definition) is 7. The van der Waals surface area contributed by atoms with Crippen molar-refractivity contribution in [1.29, 1.82) is 0 Å². The van der Waals surface area contributed by atoms with Crippen LogP contribution in [-0.4, -0.2) is 31.4 Å². The van der Waals surface area contributed by atoms with Crippen molar-refractivity contribution in [2.75, 3.05) is 20.8 Å². The first-order valence-corrected chi connectivity index (χ1v) is 13.6. The number of aromatic nitrogens is 1. The fourth-order valence-electron chi connectivity index (χ4n) is 4.60. The van der Waals surface area contributed by atoms with Crippen LogP contribution in [0.4, 0.5) is 0 Å². The molecular weight excluding hydrogens is 524 g/mol. The van der Waals surface area contributed by atoms with Crippen LogP contribution in [0.3, 0.4) is 0 Å². The molecule has 5 rings (SSSR count). The molecule has 40 heavy (non-hydrogen) atoms. The molecule has 0 fully saturated rings. The van der Waals surface area contributed by atoms with Gasteiger partial charge in [0.05, 0.1) is 42.7 Å². The second kappa shape index (κ2) is 12.0. The van der Waals surface area contributed by atoms with Gasteiger partial charge in [0.1, 0.15) is 0 Å². The summed E-state index contributed by atoms with van der Waals surface area (Å²) in [7, 11) is 3.10. The van der Waals surface area contributed by atoms with Crippen molar-refractivity contribution in [3.8, 4) is 11.5 Å². The van der Waals surface area contributed by atoms with Crippen molar-refractivity contribution >= 4 is 35.2 Å². The molecule has 4 aromatic rings. The maximum absolute atomic E-state index is 13.9. The lowest BCUT2D eigenvalue weighted by atomic mass is 9.93. The summed E-state index contributed by atoms with van der Waals surface area (Å²) >= 11 is 1.27. The summed E-state index contributed by atoms with van der Waals surface area (Å²) in [4.78, 5) is 32.8. The lowest BCUT2D eigenvalue weighted by Crippen LogP contribution is -2.39. The zero-order valence-electron chi connectivity index (χ0n) is 22.4. The highest BCUT2D eigenvalue weighted by atomic mass is 32.1. The van der Waals surface area contributed by atoms with E-state index in [0.717, 1.165) is 11.1 Å². The largest absolute Gasteiger partial charge is 0.493 e. The SMILES string of the molecule is CCOC(=O)C1=C(c2ccccc2)N=c2s/c(=C/C=C/c3ccccc3)c(=O)n2[C@H]1c1ccc(OC)c(OC)c1. The third-order valence-electron chi connectivity index (χ3n) is 6.43. The molecule has 0 saturated heterocycles. The minimum absolute atomic E-state index is 0.178. The fraction of sp³-hybridized carbons (Fsp3) is 0.156. The smallest absolute Gasteiger partial charge is 0.338 e. The number of allylic oxidation sites excluding steroid dienone is 1. The third kappa shape index (κ3) is 5.26. The van der Waals surface area contributed by atoms with Crippen LogP contribution in [-0.2, 0) is 9.53 Å². The van der Waals surface area contributed by atoms with Crippen LogP contribution in [0, 0.1) is 0 Å². The Morgan fingerprint density at radius 2 is 1.68 bits per heavy atom. The minimum atomic E-state index is -0.800. The number of esters is 1. The second-order valence-corrected chi connectivity index (χ2v) is 9.85. The van der Waals surface area contributed by atoms with E-state index in [1.165, 1.54) is 11.3 Å². The summed E-state index contributed by atoms with van der Waals surface area (Å²) in [5, 5.41) is 0. The predicted molar refractivity (Wildman–Crippen MR) is 157 cm³/mol. The Bertz CT molecular complexity index is 1770. The number of benzene rings is 3. The molecule has 2 heterocycles. The van der Waals surface area contributed by atoms with Crippen molar-refractivity contribution in [3.05, 3.63) is 127 Å². The summed E-state index contributed by atoms with van der Waals surface area (Å²) in [6.07, 6.45) is 5.56.